The monoisotopic (exact) mass is 327 g/mol. The number of rotatable bonds is 3. The molecule has 0 unspecified atom stereocenters. The molecule has 1 saturated carbocycles. The van der Waals surface area contributed by atoms with Crippen molar-refractivity contribution in [3.63, 3.8) is 0 Å². The zero-order valence-corrected chi connectivity index (χ0v) is 11.8. The molecule has 1 aliphatic carbocycles. The summed E-state index contributed by atoms with van der Waals surface area (Å²) in [5.74, 6) is -0.504. The lowest BCUT2D eigenvalue weighted by Crippen LogP contribution is -1.99. The van der Waals surface area contributed by atoms with E-state index in [1.807, 2.05) is 0 Å². The van der Waals surface area contributed by atoms with Gasteiger partial charge in [-0.1, -0.05) is 11.6 Å². The van der Waals surface area contributed by atoms with Crippen LogP contribution in [0.4, 0.5) is 13.2 Å². The molecule has 2 atom stereocenters. The third-order valence-corrected chi connectivity index (χ3v) is 4.05. The Kier molecular flexibility index (Phi) is 2.90. The minimum absolute atomic E-state index is 0.0418. The zero-order valence-electron chi connectivity index (χ0n) is 11.0. The number of hydrogen-bond donors (Lipinski definition) is 0. The molecule has 22 heavy (non-hydrogen) atoms. The molecule has 5 nitrogen and oxygen atoms in total. The average Bonchev–Trinajstić information content (AvgIpc) is 2.95. The van der Waals surface area contributed by atoms with Crippen LogP contribution in [-0.4, -0.2) is 24.4 Å². The second-order valence-corrected chi connectivity index (χ2v) is 5.61. The molecular weight excluding hydrogens is 319 g/mol. The van der Waals surface area contributed by atoms with Gasteiger partial charge in [-0.25, -0.2) is 9.67 Å². The Labute approximate surface area is 127 Å². The minimum Gasteiger partial charge on any atom is -0.232 e. The normalized spacial score (nSPS) is 21.0. The molecule has 0 bridgehead atoms. The third kappa shape index (κ3) is 2.06. The summed E-state index contributed by atoms with van der Waals surface area (Å²) in [4.78, 5) is 4.01. The summed E-state index contributed by atoms with van der Waals surface area (Å²) in [6, 6.07) is 1.64. The fourth-order valence-electron chi connectivity index (χ4n) is 2.77. The molecule has 3 aromatic rings. The highest BCUT2D eigenvalue weighted by atomic mass is 35.5. The maximum Gasteiger partial charge on any atom is 0.333 e. The molecule has 4 rings (SSSR count). The fourth-order valence-corrected chi connectivity index (χ4v) is 2.96. The first kappa shape index (κ1) is 13.6. The molecule has 0 aromatic carbocycles. The van der Waals surface area contributed by atoms with Gasteiger partial charge < -0.3 is 0 Å². The van der Waals surface area contributed by atoms with Gasteiger partial charge in [0.05, 0.1) is 12.4 Å². The van der Waals surface area contributed by atoms with Gasteiger partial charge in [0.25, 0.3) is 0 Å². The molecule has 3 aromatic heterocycles. The summed E-state index contributed by atoms with van der Waals surface area (Å²) in [5, 5.41) is 7.66. The van der Waals surface area contributed by atoms with Crippen molar-refractivity contribution < 1.29 is 13.2 Å². The van der Waals surface area contributed by atoms with Gasteiger partial charge in [0.2, 0.25) is 5.95 Å². The highest BCUT2D eigenvalue weighted by Gasteiger charge is 2.42. The van der Waals surface area contributed by atoms with Crippen molar-refractivity contribution in [3.8, 4) is 0 Å². The first-order valence-electron chi connectivity index (χ1n) is 6.56. The Morgan fingerprint density at radius 2 is 2.09 bits per heavy atom. The molecule has 0 saturated heterocycles. The Morgan fingerprint density at radius 1 is 1.27 bits per heavy atom. The van der Waals surface area contributed by atoms with Crippen LogP contribution in [0.15, 0.2) is 24.7 Å². The summed E-state index contributed by atoms with van der Waals surface area (Å²) in [6.07, 6.45) is 4.60. The lowest BCUT2D eigenvalue weighted by atomic mass is 10.1. The molecule has 0 aliphatic heterocycles. The Morgan fingerprint density at radius 3 is 2.82 bits per heavy atom. The van der Waals surface area contributed by atoms with Gasteiger partial charge in [-0.05, 0) is 29.9 Å². The topological polar surface area (TPSA) is 48.0 Å². The maximum absolute atomic E-state index is 13.6. The van der Waals surface area contributed by atoms with Crippen LogP contribution in [0, 0.1) is 5.95 Å². The van der Waals surface area contributed by atoms with Crippen molar-refractivity contribution in [1.29, 1.82) is 0 Å². The molecule has 1 fully saturated rings. The van der Waals surface area contributed by atoms with E-state index in [4.69, 9.17) is 11.6 Å². The van der Waals surface area contributed by atoms with E-state index in [9.17, 15) is 13.2 Å². The Bertz CT molecular complexity index is 859. The number of halogens is 4. The van der Waals surface area contributed by atoms with E-state index in [0.29, 0.717) is 10.3 Å². The molecule has 0 radical (unpaired) electrons. The maximum atomic E-state index is 13.6. The summed E-state index contributed by atoms with van der Waals surface area (Å²) >= 11 is 5.92. The standard InChI is InChI=1S/C13H9ClF3N5/c14-10-2-9(12-18-4-11(15)22(12)20-10)8-1-7(8)6-3-19-21(5-6)13(16)17/h2-5,7-8,13H,1H2/t7-,8+/m1/s1. The number of alkyl halides is 2. The molecule has 0 spiro atoms. The molecule has 9 heteroatoms. The van der Waals surface area contributed by atoms with Gasteiger partial charge in [-0.2, -0.15) is 27.9 Å². The quantitative estimate of drug-likeness (QED) is 0.741. The average molecular weight is 328 g/mol. The van der Waals surface area contributed by atoms with Crippen LogP contribution >= 0.6 is 11.6 Å². The molecule has 114 valence electrons. The molecule has 0 amide bonds. The van der Waals surface area contributed by atoms with Gasteiger partial charge in [0, 0.05) is 11.8 Å². The van der Waals surface area contributed by atoms with Crippen molar-refractivity contribution >= 4 is 17.2 Å². The van der Waals surface area contributed by atoms with E-state index in [-0.39, 0.29) is 17.0 Å². The van der Waals surface area contributed by atoms with E-state index < -0.39 is 12.5 Å². The summed E-state index contributed by atoms with van der Waals surface area (Å²) in [7, 11) is 0. The van der Waals surface area contributed by atoms with Crippen LogP contribution in [0.2, 0.25) is 5.15 Å². The number of aromatic nitrogens is 5. The van der Waals surface area contributed by atoms with Gasteiger partial charge >= 0.3 is 6.55 Å². The molecular formula is C13H9ClF3N5. The predicted molar refractivity (Wildman–Crippen MR) is 71.5 cm³/mol. The van der Waals surface area contributed by atoms with Crippen LogP contribution in [0.3, 0.4) is 0 Å². The zero-order chi connectivity index (χ0) is 15.4. The first-order valence-corrected chi connectivity index (χ1v) is 6.94. The number of hydrogen-bond acceptors (Lipinski definition) is 3. The van der Waals surface area contributed by atoms with E-state index >= 15 is 0 Å². The van der Waals surface area contributed by atoms with Crippen LogP contribution in [0.25, 0.3) is 5.65 Å². The molecule has 0 N–H and O–H groups in total. The Balaban J connectivity index is 1.69. The summed E-state index contributed by atoms with van der Waals surface area (Å²) in [5.41, 5.74) is 1.89. The summed E-state index contributed by atoms with van der Waals surface area (Å²) < 4.78 is 40.4. The van der Waals surface area contributed by atoms with Gasteiger partial charge in [0.1, 0.15) is 0 Å². The van der Waals surface area contributed by atoms with Crippen molar-refractivity contribution in [2.24, 2.45) is 0 Å². The van der Waals surface area contributed by atoms with E-state index in [2.05, 4.69) is 15.2 Å². The molecule has 3 heterocycles. The smallest absolute Gasteiger partial charge is 0.232 e. The predicted octanol–water partition coefficient (Wildman–Crippen LogP) is 3.38. The van der Waals surface area contributed by atoms with Crippen molar-refractivity contribution in [3.05, 3.63) is 46.9 Å². The summed E-state index contributed by atoms with van der Waals surface area (Å²) in [6.45, 7) is -2.66. The van der Waals surface area contributed by atoms with Gasteiger partial charge in [-0.15, -0.1) is 0 Å². The van der Waals surface area contributed by atoms with Crippen LogP contribution in [0.1, 0.15) is 35.9 Å². The molecule has 1 aliphatic rings. The lowest BCUT2D eigenvalue weighted by Gasteiger charge is -2.03. The lowest BCUT2D eigenvalue weighted by molar-refractivity contribution is 0.0565. The van der Waals surface area contributed by atoms with Gasteiger partial charge in [-0.3, -0.25) is 0 Å². The SMILES string of the molecule is Fc1cnc2c([C@H]3C[C@@H]3c3cnn(C(F)F)c3)cc(Cl)nn12. The van der Waals surface area contributed by atoms with Crippen LogP contribution < -0.4 is 0 Å². The van der Waals surface area contributed by atoms with Gasteiger partial charge in [0.15, 0.2) is 10.8 Å². The van der Waals surface area contributed by atoms with Crippen LogP contribution in [-0.2, 0) is 0 Å². The second kappa shape index (κ2) is 4.70. The largest absolute Gasteiger partial charge is 0.333 e. The van der Waals surface area contributed by atoms with Crippen molar-refractivity contribution in [2.75, 3.05) is 0 Å². The highest BCUT2D eigenvalue weighted by Crippen LogP contribution is 2.55. The minimum atomic E-state index is -2.66. The fraction of sp³-hybridized carbons (Fsp3) is 0.308. The van der Waals surface area contributed by atoms with E-state index in [1.54, 1.807) is 6.07 Å². The van der Waals surface area contributed by atoms with E-state index in [1.165, 1.54) is 12.4 Å². The Hall–Kier alpha value is -2.09. The van der Waals surface area contributed by atoms with Crippen LogP contribution in [0.5, 0.6) is 0 Å². The second-order valence-electron chi connectivity index (χ2n) is 5.22. The number of imidazole rings is 1. The number of nitrogens with zero attached hydrogens (tertiary/aromatic N) is 5. The number of fused-ring (bicyclic) bond motifs is 1. The van der Waals surface area contributed by atoms with Crippen molar-refractivity contribution in [2.45, 2.75) is 24.8 Å². The van der Waals surface area contributed by atoms with Crippen molar-refractivity contribution in [1.82, 2.24) is 24.4 Å². The van der Waals surface area contributed by atoms with E-state index in [0.717, 1.165) is 28.3 Å². The third-order valence-electron chi connectivity index (χ3n) is 3.86. The first-order chi connectivity index (χ1) is 10.5. The highest BCUT2D eigenvalue weighted by molar-refractivity contribution is 6.29.